The number of pyridine rings is 1. The van der Waals surface area contributed by atoms with Gasteiger partial charge in [-0.25, -0.2) is 18.2 Å². The maximum Gasteiger partial charge on any atom is 0.408 e. The van der Waals surface area contributed by atoms with Crippen LogP contribution in [-0.4, -0.2) is 48.6 Å². The van der Waals surface area contributed by atoms with Crippen molar-refractivity contribution in [1.82, 2.24) is 20.5 Å². The molecule has 0 bridgehead atoms. The number of benzene rings is 1. The Morgan fingerprint density at radius 3 is 2.40 bits per heavy atom. The van der Waals surface area contributed by atoms with Gasteiger partial charge in [-0.3, -0.25) is 4.31 Å². The molecule has 0 saturated heterocycles. The summed E-state index contributed by atoms with van der Waals surface area (Å²) in [5, 5.41) is 11.2. The van der Waals surface area contributed by atoms with Crippen LogP contribution in [0.2, 0.25) is 5.15 Å². The van der Waals surface area contributed by atoms with Crippen LogP contribution in [0, 0.1) is 0 Å². The van der Waals surface area contributed by atoms with Gasteiger partial charge in [0.15, 0.2) is 0 Å². The molecule has 3 rings (SSSR count). The molecule has 35 heavy (non-hydrogen) atoms. The van der Waals surface area contributed by atoms with E-state index in [4.69, 9.17) is 20.8 Å². The molecule has 12 heteroatoms. The lowest BCUT2D eigenvalue weighted by atomic mass is 9.92. The van der Waals surface area contributed by atoms with E-state index in [1.54, 1.807) is 27.7 Å². The Kier molecular flexibility index (Phi) is 7.42. The van der Waals surface area contributed by atoms with Crippen molar-refractivity contribution < 1.29 is 22.4 Å². The molecule has 1 aromatic carbocycles. The molecule has 10 nitrogen and oxygen atoms in total. The highest BCUT2D eigenvalue weighted by Crippen LogP contribution is 2.31. The minimum atomic E-state index is -3.57. The van der Waals surface area contributed by atoms with E-state index in [-0.39, 0.29) is 22.8 Å². The number of anilines is 1. The number of hydrogen-bond acceptors (Lipinski definition) is 8. The van der Waals surface area contributed by atoms with Crippen molar-refractivity contribution in [2.45, 2.75) is 45.3 Å². The normalized spacial score (nSPS) is 13.7. The summed E-state index contributed by atoms with van der Waals surface area (Å²) in [4.78, 5) is 16.7. The summed E-state index contributed by atoms with van der Waals surface area (Å²) in [6.07, 6.45) is 0.755. The smallest absolute Gasteiger partial charge is 0.408 e. The number of hydrogen-bond donors (Lipinski definition) is 1. The number of carbonyl (C=O) groups is 1. The second-order valence-corrected chi connectivity index (χ2v) is 11.7. The Labute approximate surface area is 209 Å². The third kappa shape index (κ3) is 6.92. The molecule has 0 saturated carbocycles. The fourth-order valence-corrected chi connectivity index (χ4v) is 3.84. The summed E-state index contributed by atoms with van der Waals surface area (Å²) in [6, 6.07) is 12.5. The Hall–Kier alpha value is -3.18. The van der Waals surface area contributed by atoms with Gasteiger partial charge < -0.3 is 14.5 Å². The van der Waals surface area contributed by atoms with E-state index in [0.29, 0.717) is 12.0 Å². The number of sulfonamides is 1. The molecule has 1 amide bonds. The van der Waals surface area contributed by atoms with Crippen molar-refractivity contribution in [3.8, 4) is 11.5 Å². The average Bonchev–Trinajstić information content (AvgIpc) is 3.22. The van der Waals surface area contributed by atoms with E-state index in [1.807, 2.05) is 30.3 Å². The quantitative estimate of drug-likeness (QED) is 0.459. The second-order valence-electron chi connectivity index (χ2n) is 9.30. The molecule has 0 unspecified atom stereocenters. The fraction of sp³-hybridized carbons (Fsp3) is 0.391. The van der Waals surface area contributed by atoms with Gasteiger partial charge in [-0.05, 0) is 45.4 Å². The Morgan fingerprint density at radius 2 is 1.80 bits per heavy atom. The molecule has 2 aromatic heterocycles. The van der Waals surface area contributed by atoms with Crippen LogP contribution in [0.4, 0.5) is 10.6 Å². The van der Waals surface area contributed by atoms with E-state index >= 15 is 0 Å². The number of halogens is 1. The number of rotatable bonds is 7. The highest BCUT2D eigenvalue weighted by Gasteiger charge is 2.37. The van der Waals surface area contributed by atoms with Crippen LogP contribution in [0.1, 0.15) is 39.1 Å². The standard InChI is InChI=1S/C23H28ClN5O5S/c1-22(2,3)34-21(30)26-23(4,14-15-10-8-7-9-11-15)20-28-27-19(33-20)16-12-17(24)25-18(13-16)29(5)35(6,31)32/h7-13H,14H2,1-6H3,(H,26,30)/t23-/m1/s1. The van der Waals surface area contributed by atoms with Gasteiger partial charge in [-0.15, -0.1) is 10.2 Å². The number of carbonyl (C=O) groups excluding carboxylic acids is 1. The third-order valence-electron chi connectivity index (χ3n) is 4.92. The molecule has 3 aromatic rings. The lowest BCUT2D eigenvalue weighted by Gasteiger charge is -2.29. The van der Waals surface area contributed by atoms with Crippen molar-refractivity contribution in [3.05, 3.63) is 59.1 Å². The van der Waals surface area contributed by atoms with E-state index < -0.39 is 27.3 Å². The predicted molar refractivity (Wildman–Crippen MR) is 133 cm³/mol. The van der Waals surface area contributed by atoms with Crippen molar-refractivity contribution in [3.63, 3.8) is 0 Å². The zero-order chi connectivity index (χ0) is 26.0. The summed E-state index contributed by atoms with van der Waals surface area (Å²) in [7, 11) is -2.21. The van der Waals surface area contributed by atoms with Gasteiger partial charge in [-0.2, -0.15) is 0 Å². The monoisotopic (exact) mass is 521 g/mol. The fourth-order valence-electron chi connectivity index (χ4n) is 3.21. The number of nitrogens with one attached hydrogen (secondary N) is 1. The molecule has 0 aliphatic heterocycles. The lowest BCUT2D eigenvalue weighted by Crippen LogP contribution is -2.47. The maximum atomic E-state index is 12.7. The van der Waals surface area contributed by atoms with Crippen molar-refractivity contribution in [1.29, 1.82) is 0 Å². The van der Waals surface area contributed by atoms with E-state index in [0.717, 1.165) is 16.1 Å². The zero-order valence-corrected chi connectivity index (χ0v) is 21.9. The van der Waals surface area contributed by atoms with Crippen LogP contribution < -0.4 is 9.62 Å². The topological polar surface area (TPSA) is 128 Å². The molecule has 1 N–H and O–H groups in total. The van der Waals surface area contributed by atoms with Gasteiger partial charge >= 0.3 is 6.09 Å². The first-order valence-electron chi connectivity index (χ1n) is 10.7. The molecule has 0 spiro atoms. The van der Waals surface area contributed by atoms with Crippen LogP contribution >= 0.6 is 11.6 Å². The molecule has 1 atom stereocenters. The van der Waals surface area contributed by atoms with Crippen LogP contribution in [-0.2, 0) is 26.7 Å². The third-order valence-corrected chi connectivity index (χ3v) is 6.30. The first-order valence-corrected chi connectivity index (χ1v) is 12.9. The SMILES string of the molecule is CN(c1cc(-c2nnc([C@@](C)(Cc3ccccc3)NC(=O)OC(C)(C)C)o2)cc(Cl)n1)S(C)(=O)=O. The van der Waals surface area contributed by atoms with E-state index in [1.165, 1.54) is 19.2 Å². The van der Waals surface area contributed by atoms with Crippen molar-refractivity contribution >= 4 is 33.5 Å². The van der Waals surface area contributed by atoms with Gasteiger partial charge in [-0.1, -0.05) is 41.9 Å². The van der Waals surface area contributed by atoms with Gasteiger partial charge in [0.1, 0.15) is 22.1 Å². The van der Waals surface area contributed by atoms with Crippen molar-refractivity contribution in [2.24, 2.45) is 0 Å². The molecule has 188 valence electrons. The van der Waals surface area contributed by atoms with Gasteiger partial charge in [0.25, 0.3) is 0 Å². The maximum absolute atomic E-state index is 12.7. The number of amides is 1. The summed E-state index contributed by atoms with van der Waals surface area (Å²) in [5.74, 6) is 0.305. The second kappa shape index (κ2) is 9.82. The Morgan fingerprint density at radius 1 is 1.14 bits per heavy atom. The molecule has 0 radical (unpaired) electrons. The van der Waals surface area contributed by atoms with Crippen LogP contribution in [0.15, 0.2) is 46.9 Å². The Bertz CT molecular complexity index is 1310. The molecule has 0 aliphatic rings. The zero-order valence-electron chi connectivity index (χ0n) is 20.4. The number of aromatic nitrogens is 3. The molecule has 0 aliphatic carbocycles. The van der Waals surface area contributed by atoms with Gasteiger partial charge in [0, 0.05) is 19.0 Å². The molecule has 0 fully saturated rings. The number of nitrogens with zero attached hydrogens (tertiary/aromatic N) is 4. The van der Waals surface area contributed by atoms with Gasteiger partial charge in [0.2, 0.25) is 21.8 Å². The highest BCUT2D eigenvalue weighted by atomic mass is 35.5. The molecular weight excluding hydrogens is 494 g/mol. The summed E-state index contributed by atoms with van der Waals surface area (Å²) in [5.41, 5.74) is -0.519. The van der Waals surface area contributed by atoms with E-state index in [9.17, 15) is 13.2 Å². The number of alkyl carbamates (subject to hydrolysis) is 1. The minimum Gasteiger partial charge on any atom is -0.444 e. The highest BCUT2D eigenvalue weighted by molar-refractivity contribution is 7.92. The minimum absolute atomic E-state index is 0.0478. The van der Waals surface area contributed by atoms with E-state index in [2.05, 4.69) is 20.5 Å². The average molecular weight is 522 g/mol. The Balaban J connectivity index is 2.00. The summed E-state index contributed by atoms with van der Waals surface area (Å²) in [6.45, 7) is 7.06. The number of ether oxygens (including phenoxy) is 1. The summed E-state index contributed by atoms with van der Waals surface area (Å²) >= 11 is 6.13. The van der Waals surface area contributed by atoms with Crippen LogP contribution in [0.25, 0.3) is 11.5 Å². The lowest BCUT2D eigenvalue weighted by molar-refractivity contribution is 0.0443. The first kappa shape index (κ1) is 26.4. The van der Waals surface area contributed by atoms with Gasteiger partial charge in [0.05, 0.1) is 6.26 Å². The molecule has 2 heterocycles. The summed E-state index contributed by atoms with van der Waals surface area (Å²) < 4.78 is 36.3. The molecular formula is C23H28ClN5O5S. The first-order chi connectivity index (χ1) is 16.2. The van der Waals surface area contributed by atoms with Crippen LogP contribution in [0.5, 0.6) is 0 Å². The largest absolute Gasteiger partial charge is 0.444 e. The predicted octanol–water partition coefficient (Wildman–Crippen LogP) is 4.16. The van der Waals surface area contributed by atoms with Crippen LogP contribution in [0.3, 0.4) is 0 Å². The van der Waals surface area contributed by atoms with Crippen molar-refractivity contribution in [2.75, 3.05) is 17.6 Å².